The Balaban J connectivity index is 0. The molecule has 0 aromatic rings. The lowest BCUT2D eigenvalue weighted by atomic mass is 10.2. The van der Waals surface area contributed by atoms with Gasteiger partial charge in [0.1, 0.15) is 0 Å². The van der Waals surface area contributed by atoms with Crippen LogP contribution in [0.5, 0.6) is 0 Å². The Labute approximate surface area is 47.9 Å². The number of rotatable bonds is 1. The minimum Gasteiger partial charge on any atom is -0.0683 e. The van der Waals surface area contributed by atoms with Gasteiger partial charge in [-0.1, -0.05) is 41.0 Å². The van der Waals surface area contributed by atoms with Crippen LogP contribution in [0.3, 0.4) is 0 Å². The summed E-state index contributed by atoms with van der Waals surface area (Å²) in [5.41, 5.74) is 0. The zero-order chi connectivity index (χ0) is 6.28. The average molecular weight is 102 g/mol. The van der Waals surface area contributed by atoms with Crippen molar-refractivity contribution < 1.29 is 0 Å². The van der Waals surface area contributed by atoms with Crippen LogP contribution >= 0.6 is 0 Å². The van der Waals surface area contributed by atoms with Crippen molar-refractivity contribution >= 4 is 0 Å². The molecule has 0 fully saturated rings. The molecule has 0 spiro atoms. The highest BCUT2D eigenvalue weighted by Crippen LogP contribution is 1.93. The van der Waals surface area contributed by atoms with E-state index in [1.165, 1.54) is 6.42 Å². The Morgan fingerprint density at radius 3 is 1.29 bits per heavy atom. The Kier molecular flexibility index (Phi) is 13.5. The van der Waals surface area contributed by atoms with E-state index in [1.807, 2.05) is 13.8 Å². The molecule has 0 unspecified atom stereocenters. The van der Waals surface area contributed by atoms with Crippen LogP contribution in [0.2, 0.25) is 0 Å². The first-order valence-corrected chi connectivity index (χ1v) is 3.27. The maximum Gasteiger partial charge on any atom is -0.0474 e. The summed E-state index contributed by atoms with van der Waals surface area (Å²) in [6, 6.07) is 0. The molecular formula is C7H18. The van der Waals surface area contributed by atoms with Gasteiger partial charge in [0.2, 0.25) is 0 Å². The molecule has 0 heteroatoms. The van der Waals surface area contributed by atoms with Gasteiger partial charge in [-0.05, 0) is 5.92 Å². The van der Waals surface area contributed by atoms with Crippen molar-refractivity contribution in [2.75, 3.05) is 0 Å². The van der Waals surface area contributed by atoms with Gasteiger partial charge in [-0.2, -0.15) is 0 Å². The Bertz CT molecular complexity index is 14.0. The highest BCUT2D eigenvalue weighted by molar-refractivity contribution is 4.32. The predicted molar refractivity (Wildman–Crippen MR) is 36.5 cm³/mol. The summed E-state index contributed by atoms with van der Waals surface area (Å²) in [5, 5.41) is 0. The fourth-order valence-electron chi connectivity index (χ4n) is 0. The molecule has 7 heavy (non-hydrogen) atoms. The van der Waals surface area contributed by atoms with Gasteiger partial charge >= 0.3 is 0 Å². The molecule has 0 heterocycles. The summed E-state index contributed by atoms with van der Waals surface area (Å²) in [5.74, 6) is 0.884. The second-order valence-corrected chi connectivity index (χ2v) is 1.80. The van der Waals surface area contributed by atoms with E-state index in [2.05, 4.69) is 20.8 Å². The minimum absolute atomic E-state index is 0.884. The first-order chi connectivity index (χ1) is 3.27. The molecule has 0 radical (unpaired) electrons. The molecule has 0 aliphatic rings. The monoisotopic (exact) mass is 102 g/mol. The van der Waals surface area contributed by atoms with E-state index in [0.29, 0.717) is 0 Å². The van der Waals surface area contributed by atoms with E-state index >= 15 is 0 Å². The summed E-state index contributed by atoms with van der Waals surface area (Å²) in [6.45, 7) is 10.6. The Morgan fingerprint density at radius 1 is 1.14 bits per heavy atom. The van der Waals surface area contributed by atoms with Gasteiger partial charge < -0.3 is 0 Å². The van der Waals surface area contributed by atoms with E-state index in [0.717, 1.165) is 5.92 Å². The van der Waals surface area contributed by atoms with Crippen molar-refractivity contribution in [3.8, 4) is 0 Å². The average Bonchev–Trinajstić information content (AvgIpc) is 1.73. The van der Waals surface area contributed by atoms with Crippen molar-refractivity contribution in [3.05, 3.63) is 0 Å². The second-order valence-electron chi connectivity index (χ2n) is 1.80. The maximum atomic E-state index is 2.22. The van der Waals surface area contributed by atoms with Crippen molar-refractivity contribution in [1.82, 2.24) is 0 Å². The maximum absolute atomic E-state index is 2.22. The van der Waals surface area contributed by atoms with Crippen molar-refractivity contribution in [1.29, 1.82) is 0 Å². The third-order valence-corrected chi connectivity index (χ3v) is 0.816. The molecule has 46 valence electrons. The fraction of sp³-hybridized carbons (Fsp3) is 1.00. The van der Waals surface area contributed by atoms with Crippen LogP contribution in [-0.4, -0.2) is 0 Å². The number of hydrogen-bond donors (Lipinski definition) is 0. The van der Waals surface area contributed by atoms with Crippen molar-refractivity contribution in [3.63, 3.8) is 0 Å². The lowest BCUT2D eigenvalue weighted by Crippen LogP contribution is -1.77. The molecule has 0 amide bonds. The van der Waals surface area contributed by atoms with Crippen LogP contribution in [0.4, 0.5) is 0 Å². The summed E-state index contributed by atoms with van der Waals surface area (Å²) >= 11 is 0. The lowest BCUT2D eigenvalue weighted by molar-refractivity contribution is 0.626. The first kappa shape index (κ1) is 10.1. The molecule has 0 saturated heterocycles. The molecule has 0 saturated carbocycles. The van der Waals surface area contributed by atoms with Gasteiger partial charge in [-0.15, -0.1) is 0 Å². The Hall–Kier alpha value is 0. The summed E-state index contributed by atoms with van der Waals surface area (Å²) in [4.78, 5) is 0. The van der Waals surface area contributed by atoms with Gasteiger partial charge in [0, 0.05) is 0 Å². The standard InChI is InChI=1S/C5H12.C2H6/c1-4-5(2)3;1-2/h5H,4H2,1-3H3;1-2H3. The molecule has 0 aliphatic carbocycles. The van der Waals surface area contributed by atoms with Crippen LogP contribution in [0.15, 0.2) is 0 Å². The van der Waals surface area contributed by atoms with Crippen LogP contribution in [-0.2, 0) is 0 Å². The molecule has 0 aromatic heterocycles. The van der Waals surface area contributed by atoms with Gasteiger partial charge in [-0.3, -0.25) is 0 Å². The summed E-state index contributed by atoms with van der Waals surface area (Å²) in [6.07, 6.45) is 1.31. The third-order valence-electron chi connectivity index (χ3n) is 0.816. The van der Waals surface area contributed by atoms with Crippen LogP contribution in [0, 0.1) is 5.92 Å². The largest absolute Gasteiger partial charge is 0.0683 e. The summed E-state index contributed by atoms with van der Waals surface area (Å²) < 4.78 is 0. The highest BCUT2D eigenvalue weighted by atomic mass is 13.9. The van der Waals surface area contributed by atoms with Gasteiger partial charge in [0.25, 0.3) is 0 Å². The molecule has 0 aromatic carbocycles. The number of hydrogen-bond acceptors (Lipinski definition) is 0. The van der Waals surface area contributed by atoms with Gasteiger partial charge in [0.15, 0.2) is 0 Å². The molecular weight excluding hydrogens is 84.1 g/mol. The van der Waals surface area contributed by atoms with Crippen LogP contribution in [0.25, 0.3) is 0 Å². The van der Waals surface area contributed by atoms with E-state index in [1.54, 1.807) is 0 Å². The second kappa shape index (κ2) is 9.38. The topological polar surface area (TPSA) is 0 Å². The predicted octanol–water partition coefficient (Wildman–Crippen LogP) is 3.08. The van der Waals surface area contributed by atoms with E-state index in [9.17, 15) is 0 Å². The molecule has 0 nitrogen and oxygen atoms in total. The zero-order valence-corrected chi connectivity index (χ0v) is 6.28. The molecule has 0 atom stereocenters. The zero-order valence-electron chi connectivity index (χ0n) is 6.28. The van der Waals surface area contributed by atoms with Crippen molar-refractivity contribution in [2.24, 2.45) is 5.92 Å². The van der Waals surface area contributed by atoms with Gasteiger partial charge in [-0.25, -0.2) is 0 Å². The minimum atomic E-state index is 0.884. The molecule has 0 aliphatic heterocycles. The van der Waals surface area contributed by atoms with Crippen LogP contribution < -0.4 is 0 Å². The first-order valence-electron chi connectivity index (χ1n) is 3.27. The third kappa shape index (κ3) is 24.0. The highest BCUT2D eigenvalue weighted by Gasteiger charge is 1.80. The Morgan fingerprint density at radius 2 is 1.29 bits per heavy atom. The van der Waals surface area contributed by atoms with Crippen molar-refractivity contribution in [2.45, 2.75) is 41.0 Å². The van der Waals surface area contributed by atoms with E-state index in [-0.39, 0.29) is 0 Å². The molecule has 0 N–H and O–H groups in total. The van der Waals surface area contributed by atoms with E-state index in [4.69, 9.17) is 0 Å². The summed E-state index contributed by atoms with van der Waals surface area (Å²) in [7, 11) is 0. The molecule has 0 bridgehead atoms. The normalized spacial score (nSPS) is 7.71. The quantitative estimate of drug-likeness (QED) is 0.477. The smallest absolute Gasteiger partial charge is 0.0474 e. The van der Waals surface area contributed by atoms with Crippen LogP contribution in [0.1, 0.15) is 41.0 Å². The van der Waals surface area contributed by atoms with Gasteiger partial charge in [0.05, 0.1) is 0 Å². The fourth-order valence-corrected chi connectivity index (χ4v) is 0. The SMILES string of the molecule is CC.CCC(C)C. The van der Waals surface area contributed by atoms with E-state index < -0.39 is 0 Å². The lowest BCUT2D eigenvalue weighted by Gasteiger charge is -1.90. The molecule has 0 rings (SSSR count).